The van der Waals surface area contributed by atoms with Gasteiger partial charge >= 0.3 is 0 Å². The van der Waals surface area contributed by atoms with Crippen LogP contribution in [0.3, 0.4) is 0 Å². The minimum absolute atomic E-state index is 0.104. The molecule has 0 atom stereocenters. The number of rotatable bonds is 6. The lowest BCUT2D eigenvalue weighted by Gasteiger charge is -2.19. The number of hydrogen-bond acceptors (Lipinski definition) is 4. The van der Waals surface area contributed by atoms with Gasteiger partial charge in [-0.3, -0.25) is 4.57 Å². The highest BCUT2D eigenvalue weighted by molar-refractivity contribution is 9.10. The predicted octanol–water partition coefficient (Wildman–Crippen LogP) is 7.30. The highest BCUT2D eigenvalue weighted by Crippen LogP contribution is 2.32. The van der Waals surface area contributed by atoms with Crippen LogP contribution in [0.1, 0.15) is 31.9 Å². The van der Waals surface area contributed by atoms with Gasteiger partial charge in [0.2, 0.25) is 0 Å². The average molecular weight is 508 g/mol. The molecule has 164 valence electrons. The minimum Gasteiger partial charge on any atom is -0.497 e. The maximum Gasteiger partial charge on any atom is 0.196 e. The fourth-order valence-corrected chi connectivity index (χ4v) is 4.75. The number of ether oxygens (including phenoxy) is 1. The Labute approximate surface area is 202 Å². The minimum atomic E-state index is 0.104. The number of methoxy groups -OCH3 is 1. The summed E-state index contributed by atoms with van der Waals surface area (Å²) in [4.78, 5) is 0. The summed E-state index contributed by atoms with van der Waals surface area (Å²) in [6.07, 6.45) is 0. The smallest absolute Gasteiger partial charge is 0.196 e. The molecule has 1 aromatic heterocycles. The van der Waals surface area contributed by atoms with Crippen LogP contribution in [0.4, 0.5) is 0 Å². The van der Waals surface area contributed by atoms with Gasteiger partial charge in [-0.1, -0.05) is 84.9 Å². The average Bonchev–Trinajstić information content (AvgIpc) is 3.21. The van der Waals surface area contributed by atoms with E-state index in [9.17, 15) is 0 Å². The van der Waals surface area contributed by atoms with Gasteiger partial charge in [0, 0.05) is 21.5 Å². The van der Waals surface area contributed by atoms with Gasteiger partial charge in [0.1, 0.15) is 5.75 Å². The van der Waals surface area contributed by atoms with Crippen LogP contribution in [0.25, 0.3) is 17.1 Å². The topological polar surface area (TPSA) is 39.9 Å². The van der Waals surface area contributed by atoms with Crippen LogP contribution in [-0.2, 0) is 11.2 Å². The van der Waals surface area contributed by atoms with Crippen LogP contribution in [-0.4, -0.2) is 21.9 Å². The van der Waals surface area contributed by atoms with Crippen LogP contribution < -0.4 is 4.74 Å². The number of aromatic nitrogens is 3. The van der Waals surface area contributed by atoms with Crippen molar-refractivity contribution >= 4 is 27.7 Å². The first kappa shape index (κ1) is 22.6. The zero-order chi connectivity index (χ0) is 22.7. The molecule has 32 heavy (non-hydrogen) atoms. The van der Waals surface area contributed by atoms with Gasteiger partial charge in [-0.05, 0) is 52.9 Å². The van der Waals surface area contributed by atoms with Gasteiger partial charge < -0.3 is 4.74 Å². The second-order valence-electron chi connectivity index (χ2n) is 8.59. The lowest BCUT2D eigenvalue weighted by atomic mass is 9.87. The monoisotopic (exact) mass is 507 g/mol. The Morgan fingerprint density at radius 1 is 0.938 bits per heavy atom. The molecule has 0 aliphatic carbocycles. The van der Waals surface area contributed by atoms with E-state index in [-0.39, 0.29) is 5.41 Å². The van der Waals surface area contributed by atoms with Gasteiger partial charge in [-0.2, -0.15) is 0 Å². The molecule has 1 heterocycles. The van der Waals surface area contributed by atoms with E-state index >= 15 is 0 Å². The summed E-state index contributed by atoms with van der Waals surface area (Å²) in [6, 6.07) is 25.0. The maximum atomic E-state index is 5.34. The van der Waals surface area contributed by atoms with E-state index in [0.717, 1.165) is 38.2 Å². The van der Waals surface area contributed by atoms with Gasteiger partial charge in [-0.25, -0.2) is 0 Å². The summed E-state index contributed by atoms with van der Waals surface area (Å²) in [6.45, 7) is 6.66. The van der Waals surface area contributed by atoms with Gasteiger partial charge in [0.25, 0.3) is 0 Å². The van der Waals surface area contributed by atoms with Crippen molar-refractivity contribution < 1.29 is 4.74 Å². The van der Waals surface area contributed by atoms with E-state index in [2.05, 4.69) is 93.9 Å². The van der Waals surface area contributed by atoms with Crippen molar-refractivity contribution in [2.75, 3.05) is 7.11 Å². The molecule has 0 aliphatic heterocycles. The predicted molar refractivity (Wildman–Crippen MR) is 136 cm³/mol. The Bertz CT molecular complexity index is 1200. The van der Waals surface area contributed by atoms with Crippen LogP contribution >= 0.6 is 27.7 Å². The van der Waals surface area contributed by atoms with Crippen molar-refractivity contribution in [1.82, 2.24) is 14.8 Å². The Kier molecular flexibility index (Phi) is 6.72. The third kappa shape index (κ3) is 5.08. The molecule has 4 nitrogen and oxygen atoms in total. The first-order chi connectivity index (χ1) is 15.3. The molecule has 3 aromatic carbocycles. The Morgan fingerprint density at radius 3 is 2.28 bits per heavy atom. The van der Waals surface area contributed by atoms with Crippen molar-refractivity contribution in [3.8, 4) is 22.8 Å². The Balaban J connectivity index is 1.72. The number of hydrogen-bond donors (Lipinski definition) is 0. The van der Waals surface area contributed by atoms with Crippen LogP contribution in [0.2, 0.25) is 0 Å². The molecule has 4 rings (SSSR count). The van der Waals surface area contributed by atoms with Gasteiger partial charge in [0.15, 0.2) is 11.0 Å². The summed E-state index contributed by atoms with van der Waals surface area (Å²) in [5.74, 6) is 2.45. The molecule has 0 amide bonds. The first-order valence-electron chi connectivity index (χ1n) is 10.4. The third-order valence-corrected chi connectivity index (χ3v) is 6.72. The Hall–Kier alpha value is -2.57. The van der Waals surface area contributed by atoms with Crippen molar-refractivity contribution in [1.29, 1.82) is 0 Å². The van der Waals surface area contributed by atoms with Crippen molar-refractivity contribution in [2.45, 2.75) is 37.1 Å². The summed E-state index contributed by atoms with van der Waals surface area (Å²) in [5.41, 5.74) is 4.66. The molecule has 0 saturated heterocycles. The molecule has 0 N–H and O–H groups in total. The molecular weight excluding hydrogens is 482 g/mol. The quantitative estimate of drug-likeness (QED) is 0.256. The second kappa shape index (κ2) is 9.51. The molecule has 0 bridgehead atoms. The SMILES string of the molecule is COc1ccc(-n2c(SCc3cccc(Br)c3)nnc2-c2ccc(C(C)(C)C)cc2)cc1. The fourth-order valence-electron chi connectivity index (χ4n) is 3.41. The van der Waals surface area contributed by atoms with Crippen molar-refractivity contribution in [3.05, 3.63) is 88.4 Å². The van der Waals surface area contributed by atoms with Crippen molar-refractivity contribution in [3.63, 3.8) is 0 Å². The first-order valence-corrected chi connectivity index (χ1v) is 12.2. The van der Waals surface area contributed by atoms with E-state index in [4.69, 9.17) is 4.74 Å². The standard InChI is InChI=1S/C26H26BrN3OS/c1-26(2,3)20-10-8-19(9-11-20)24-28-29-25(32-17-18-6-5-7-21(27)16-18)30(24)22-12-14-23(31-4)15-13-22/h5-16H,17H2,1-4H3. The molecule has 0 aliphatic rings. The van der Waals surface area contributed by atoms with E-state index < -0.39 is 0 Å². The molecule has 0 radical (unpaired) electrons. The highest BCUT2D eigenvalue weighted by atomic mass is 79.9. The largest absolute Gasteiger partial charge is 0.497 e. The second-order valence-corrected chi connectivity index (χ2v) is 10.4. The Morgan fingerprint density at radius 2 is 1.66 bits per heavy atom. The zero-order valence-corrected chi connectivity index (χ0v) is 21.1. The van der Waals surface area contributed by atoms with Crippen LogP contribution in [0.5, 0.6) is 5.75 Å². The van der Waals surface area contributed by atoms with Crippen LogP contribution in [0.15, 0.2) is 82.4 Å². The number of thioether (sulfide) groups is 1. The van der Waals surface area contributed by atoms with E-state index in [1.165, 1.54) is 11.1 Å². The van der Waals surface area contributed by atoms with E-state index in [1.807, 2.05) is 30.3 Å². The summed E-state index contributed by atoms with van der Waals surface area (Å²) < 4.78 is 8.54. The highest BCUT2D eigenvalue weighted by Gasteiger charge is 2.18. The number of nitrogens with zero attached hydrogens (tertiary/aromatic N) is 3. The number of halogens is 1. The summed E-state index contributed by atoms with van der Waals surface area (Å²) in [5, 5.41) is 9.98. The lowest BCUT2D eigenvalue weighted by Crippen LogP contribution is -2.10. The molecule has 0 saturated carbocycles. The van der Waals surface area contributed by atoms with Gasteiger partial charge in [-0.15, -0.1) is 10.2 Å². The molecular formula is C26H26BrN3OS. The lowest BCUT2D eigenvalue weighted by molar-refractivity contribution is 0.414. The van der Waals surface area contributed by atoms with Crippen LogP contribution in [0, 0.1) is 0 Å². The molecule has 4 aromatic rings. The summed E-state index contributed by atoms with van der Waals surface area (Å²) >= 11 is 5.23. The van der Waals surface area contributed by atoms with E-state index in [1.54, 1.807) is 18.9 Å². The van der Waals surface area contributed by atoms with E-state index in [0.29, 0.717) is 0 Å². The molecule has 0 fully saturated rings. The maximum absolute atomic E-state index is 5.34. The van der Waals surface area contributed by atoms with Crippen molar-refractivity contribution in [2.24, 2.45) is 0 Å². The fraction of sp³-hybridized carbons (Fsp3) is 0.231. The molecule has 6 heteroatoms. The zero-order valence-electron chi connectivity index (χ0n) is 18.7. The normalized spacial score (nSPS) is 11.5. The molecule has 0 spiro atoms. The molecule has 0 unspecified atom stereocenters. The number of benzene rings is 3. The van der Waals surface area contributed by atoms with Gasteiger partial charge in [0.05, 0.1) is 7.11 Å². The third-order valence-electron chi connectivity index (χ3n) is 5.23. The summed E-state index contributed by atoms with van der Waals surface area (Å²) in [7, 11) is 1.68.